The third kappa shape index (κ3) is 7.80. The second-order valence-corrected chi connectivity index (χ2v) is 14.1. The fourth-order valence-corrected chi connectivity index (χ4v) is 7.20. The highest BCUT2D eigenvalue weighted by molar-refractivity contribution is 14.1. The molecular formula is C30H38Cl2IN5O4. The number of carbonyl (C=O) groups is 2. The van der Waals surface area contributed by atoms with Gasteiger partial charge in [-0.15, -0.1) is 0 Å². The van der Waals surface area contributed by atoms with Crippen LogP contribution in [0.2, 0.25) is 10.0 Å². The molecule has 1 aromatic heterocycles. The summed E-state index contributed by atoms with van der Waals surface area (Å²) in [6.07, 6.45) is 6.01. The summed E-state index contributed by atoms with van der Waals surface area (Å²) in [6, 6.07) is 7.85. The number of piperidine rings is 1. The van der Waals surface area contributed by atoms with Gasteiger partial charge in [0.2, 0.25) is 5.91 Å². The Kier molecular flexibility index (Phi) is 10.4. The lowest BCUT2D eigenvalue weighted by Crippen LogP contribution is -2.65. The maximum absolute atomic E-state index is 13.8. The summed E-state index contributed by atoms with van der Waals surface area (Å²) >= 11 is 15.0. The summed E-state index contributed by atoms with van der Waals surface area (Å²) in [5.74, 6) is 0.832. The van der Waals surface area contributed by atoms with Crippen molar-refractivity contribution in [2.45, 2.75) is 60.6 Å². The molecule has 4 heterocycles. The van der Waals surface area contributed by atoms with Gasteiger partial charge in [0.05, 0.1) is 28.4 Å². The van der Waals surface area contributed by atoms with Crippen molar-refractivity contribution >= 4 is 57.7 Å². The molecule has 1 aromatic carbocycles. The van der Waals surface area contributed by atoms with Gasteiger partial charge < -0.3 is 25.0 Å². The molecule has 9 nitrogen and oxygen atoms in total. The number of rotatable bonds is 9. The van der Waals surface area contributed by atoms with Gasteiger partial charge in [-0.05, 0) is 75.5 Å². The fraction of sp³-hybridized carbons (Fsp3) is 0.567. The average Bonchev–Trinajstić information content (AvgIpc) is 3.51. The van der Waals surface area contributed by atoms with Crippen molar-refractivity contribution in [1.29, 1.82) is 0 Å². The van der Waals surface area contributed by atoms with Gasteiger partial charge in [-0.25, -0.2) is 4.79 Å². The Morgan fingerprint density at radius 1 is 1.14 bits per heavy atom. The zero-order valence-electron chi connectivity index (χ0n) is 23.8. The van der Waals surface area contributed by atoms with Gasteiger partial charge in [-0.1, -0.05) is 51.9 Å². The molecule has 0 radical (unpaired) electrons. The zero-order chi connectivity index (χ0) is 29.9. The Balaban J connectivity index is 1.22. The van der Waals surface area contributed by atoms with E-state index < -0.39 is 11.6 Å². The Labute approximate surface area is 271 Å². The van der Waals surface area contributed by atoms with Crippen molar-refractivity contribution in [2.75, 3.05) is 45.9 Å². The Hall–Kier alpha value is -1.86. The number of aliphatic hydroxyl groups is 1. The van der Waals surface area contributed by atoms with Gasteiger partial charge in [-0.2, -0.15) is 0 Å². The topological polar surface area (TPSA) is 98.2 Å². The van der Waals surface area contributed by atoms with E-state index >= 15 is 0 Å². The fourth-order valence-electron chi connectivity index (χ4n) is 5.98. The molecule has 5 rings (SSSR count). The first-order valence-corrected chi connectivity index (χ1v) is 16.6. The number of alkyl halides is 1. The van der Waals surface area contributed by atoms with Gasteiger partial charge in [0.15, 0.2) is 0 Å². The lowest BCUT2D eigenvalue weighted by Gasteiger charge is -2.44. The van der Waals surface area contributed by atoms with Gasteiger partial charge in [-0.3, -0.25) is 14.7 Å². The molecule has 2 aromatic rings. The first kappa shape index (κ1) is 31.6. The molecule has 12 heteroatoms. The van der Waals surface area contributed by atoms with Gasteiger partial charge >= 0.3 is 6.03 Å². The van der Waals surface area contributed by atoms with Gasteiger partial charge in [0.25, 0.3) is 0 Å². The van der Waals surface area contributed by atoms with E-state index in [4.69, 9.17) is 27.9 Å². The molecule has 42 heavy (non-hydrogen) atoms. The second-order valence-electron chi connectivity index (χ2n) is 11.8. The Morgan fingerprint density at radius 3 is 2.52 bits per heavy atom. The predicted molar refractivity (Wildman–Crippen MR) is 172 cm³/mol. The summed E-state index contributed by atoms with van der Waals surface area (Å²) in [5, 5.41) is 13.9. The molecule has 0 bridgehead atoms. The van der Waals surface area contributed by atoms with Crippen molar-refractivity contribution in [3.05, 3.63) is 57.8 Å². The van der Waals surface area contributed by atoms with Crippen molar-refractivity contribution in [3.63, 3.8) is 0 Å². The number of aromatic nitrogens is 1. The number of likely N-dealkylation sites (tertiary alicyclic amines) is 3. The third-order valence-electron chi connectivity index (χ3n) is 8.29. The smallest absolute Gasteiger partial charge is 0.318 e. The van der Waals surface area contributed by atoms with Crippen molar-refractivity contribution < 1.29 is 19.4 Å². The minimum absolute atomic E-state index is 0.157. The standard InChI is InChI=1S/C30H38Cl2IN5O4/c1-30(41)18-38(19-30)29(40)35-24(15-21-6-7-22(31)16-23(21)32)28(39)37-13-8-20(9-14-37)27-25(5-4-10-34-27)42-17-26(33)36-11-2-3-12-36/h4-7,10,16,20,24,26,41H,2-3,8-9,11-15,17-19H2,1H3,(H,35,40)/t24-,26+/m1/s1. The number of hydrogen-bond acceptors (Lipinski definition) is 6. The first-order chi connectivity index (χ1) is 20.1. The monoisotopic (exact) mass is 729 g/mol. The van der Waals surface area contributed by atoms with Gasteiger partial charge in [0.1, 0.15) is 18.4 Å². The zero-order valence-corrected chi connectivity index (χ0v) is 27.4. The molecule has 3 amide bonds. The summed E-state index contributed by atoms with van der Waals surface area (Å²) in [4.78, 5) is 37.2. The van der Waals surface area contributed by atoms with Crippen molar-refractivity contribution in [2.24, 2.45) is 0 Å². The summed E-state index contributed by atoms with van der Waals surface area (Å²) in [6.45, 7) is 6.06. The van der Waals surface area contributed by atoms with Crippen LogP contribution in [-0.4, -0.2) is 98.3 Å². The molecule has 2 atom stereocenters. The quantitative estimate of drug-likeness (QED) is 0.221. The normalized spacial score (nSPS) is 20.6. The van der Waals surface area contributed by atoms with E-state index in [2.05, 4.69) is 37.8 Å². The average molecular weight is 730 g/mol. The number of benzene rings is 1. The van der Waals surface area contributed by atoms with Gasteiger partial charge in [0, 0.05) is 41.7 Å². The van der Waals surface area contributed by atoms with Crippen LogP contribution in [-0.2, 0) is 11.2 Å². The largest absolute Gasteiger partial charge is 0.489 e. The van der Waals surface area contributed by atoms with Crippen molar-refractivity contribution in [1.82, 2.24) is 25.0 Å². The molecule has 0 aliphatic carbocycles. The SMILES string of the molecule is CC1(O)CN(C(=O)N[C@H](Cc2ccc(Cl)cc2Cl)C(=O)N2CCC(c3ncccc3OC[C@@H](I)N3CCCC3)CC2)C1. The molecule has 3 aliphatic rings. The second kappa shape index (κ2) is 13.8. The summed E-state index contributed by atoms with van der Waals surface area (Å²) < 4.78 is 6.60. The lowest BCUT2D eigenvalue weighted by molar-refractivity contribution is -0.134. The molecule has 0 saturated carbocycles. The van der Waals surface area contributed by atoms with Crippen LogP contribution in [0.3, 0.4) is 0 Å². The molecule has 0 unspecified atom stereocenters. The first-order valence-electron chi connectivity index (χ1n) is 14.6. The Morgan fingerprint density at radius 2 is 1.86 bits per heavy atom. The number of urea groups is 1. The summed E-state index contributed by atoms with van der Waals surface area (Å²) in [5.41, 5.74) is 0.762. The van der Waals surface area contributed by atoms with Crippen LogP contribution in [0.5, 0.6) is 5.75 Å². The van der Waals surface area contributed by atoms with Crippen LogP contribution in [0.25, 0.3) is 0 Å². The minimum atomic E-state index is -0.905. The number of β-amino-alcohol motifs (C(OH)–C–C–N with tert-alkyl or cyclic N) is 1. The summed E-state index contributed by atoms with van der Waals surface area (Å²) in [7, 11) is 0. The van der Waals surface area contributed by atoms with E-state index in [1.165, 1.54) is 17.7 Å². The number of carbonyl (C=O) groups excluding carboxylic acids is 2. The number of hydrogen-bond donors (Lipinski definition) is 2. The highest BCUT2D eigenvalue weighted by atomic mass is 127. The molecular weight excluding hydrogens is 692 g/mol. The Bertz CT molecular complexity index is 1260. The predicted octanol–water partition coefficient (Wildman–Crippen LogP) is 4.72. The number of pyridine rings is 1. The third-order valence-corrected chi connectivity index (χ3v) is 10.0. The molecule has 0 spiro atoms. The van der Waals surface area contributed by atoms with Crippen LogP contribution in [0.1, 0.15) is 49.8 Å². The number of ether oxygens (including phenoxy) is 1. The van der Waals surface area contributed by atoms with Crippen LogP contribution >= 0.6 is 45.8 Å². The maximum atomic E-state index is 13.8. The van der Waals surface area contributed by atoms with E-state index in [0.717, 1.165) is 42.9 Å². The molecule has 228 valence electrons. The maximum Gasteiger partial charge on any atom is 0.318 e. The van der Waals surface area contributed by atoms with E-state index in [0.29, 0.717) is 33.8 Å². The van der Waals surface area contributed by atoms with E-state index in [1.54, 1.807) is 31.3 Å². The van der Waals surface area contributed by atoms with Crippen LogP contribution < -0.4 is 10.1 Å². The molecule has 2 N–H and O–H groups in total. The molecule has 3 fully saturated rings. The molecule has 3 saturated heterocycles. The molecule has 3 aliphatic heterocycles. The van der Waals surface area contributed by atoms with E-state index in [9.17, 15) is 14.7 Å². The van der Waals surface area contributed by atoms with E-state index in [-0.39, 0.29) is 37.4 Å². The van der Waals surface area contributed by atoms with Crippen LogP contribution in [0.4, 0.5) is 4.79 Å². The lowest BCUT2D eigenvalue weighted by atomic mass is 9.91. The number of nitrogens with zero attached hydrogens (tertiary/aromatic N) is 4. The highest BCUT2D eigenvalue weighted by Gasteiger charge is 2.41. The van der Waals surface area contributed by atoms with Crippen LogP contribution in [0.15, 0.2) is 36.5 Å². The van der Waals surface area contributed by atoms with E-state index in [1.807, 2.05) is 17.0 Å². The highest BCUT2D eigenvalue weighted by Crippen LogP contribution is 2.34. The van der Waals surface area contributed by atoms with Crippen LogP contribution in [0, 0.1) is 0 Å². The minimum Gasteiger partial charge on any atom is -0.489 e. The van der Waals surface area contributed by atoms with Crippen molar-refractivity contribution in [3.8, 4) is 5.75 Å². The number of halogens is 3. The number of amides is 3. The number of nitrogens with one attached hydrogen (secondary N) is 1.